The standard InChI is InChI=1S/C15H16F3N7O/c16-15(17,18)9-5-10(19)12(21)13(22)14(9)25(23)6-11(20)7-1-3-8(24-26)4-2-7/h1-6H,19-23H2/b11-6-. The molecule has 0 aliphatic heterocycles. The van der Waals surface area contributed by atoms with Gasteiger partial charge in [0.1, 0.15) is 5.69 Å². The number of hydrazine groups is 1. The minimum Gasteiger partial charge on any atom is -0.397 e. The average molecular weight is 367 g/mol. The topological polar surface area (TPSA) is 163 Å². The maximum Gasteiger partial charge on any atom is 0.418 e. The fraction of sp³-hybridized carbons (Fsp3) is 0.0667. The first kappa shape index (κ1) is 18.9. The van der Waals surface area contributed by atoms with E-state index in [9.17, 15) is 18.1 Å². The monoisotopic (exact) mass is 367 g/mol. The maximum atomic E-state index is 13.3. The minimum atomic E-state index is -4.78. The smallest absolute Gasteiger partial charge is 0.397 e. The summed E-state index contributed by atoms with van der Waals surface area (Å²) in [6.45, 7) is 0. The second kappa shape index (κ2) is 6.80. The van der Waals surface area contributed by atoms with Gasteiger partial charge in [-0.2, -0.15) is 13.2 Å². The lowest BCUT2D eigenvalue weighted by molar-refractivity contribution is -0.137. The van der Waals surface area contributed by atoms with Crippen LogP contribution in [0, 0.1) is 4.91 Å². The van der Waals surface area contributed by atoms with Crippen molar-refractivity contribution >= 4 is 34.1 Å². The van der Waals surface area contributed by atoms with Crippen LogP contribution in [0.5, 0.6) is 0 Å². The Morgan fingerprint density at radius 3 is 2.15 bits per heavy atom. The fourth-order valence-corrected chi connectivity index (χ4v) is 2.23. The molecule has 0 spiro atoms. The van der Waals surface area contributed by atoms with Crippen LogP contribution >= 0.6 is 0 Å². The lowest BCUT2D eigenvalue weighted by atomic mass is 10.1. The maximum absolute atomic E-state index is 13.3. The zero-order valence-electron chi connectivity index (χ0n) is 13.3. The van der Waals surface area contributed by atoms with Gasteiger partial charge < -0.3 is 22.9 Å². The second-order valence-corrected chi connectivity index (χ2v) is 5.32. The summed E-state index contributed by atoms with van der Waals surface area (Å²) >= 11 is 0. The second-order valence-electron chi connectivity index (χ2n) is 5.32. The summed E-state index contributed by atoms with van der Waals surface area (Å²) < 4.78 is 40.0. The van der Waals surface area contributed by atoms with Gasteiger partial charge in [-0.3, -0.25) is 5.01 Å². The lowest BCUT2D eigenvalue weighted by Gasteiger charge is -2.24. The minimum absolute atomic E-state index is 0.0212. The molecule has 0 radical (unpaired) electrons. The van der Waals surface area contributed by atoms with Gasteiger partial charge in [0.2, 0.25) is 0 Å². The number of anilines is 4. The van der Waals surface area contributed by atoms with Crippen LogP contribution in [0.15, 0.2) is 41.7 Å². The number of halogens is 3. The Kier molecular flexibility index (Phi) is 4.93. The Labute approximate surface area is 146 Å². The third kappa shape index (κ3) is 3.62. The molecule has 0 atom stereocenters. The molecule has 0 heterocycles. The fourth-order valence-electron chi connectivity index (χ4n) is 2.23. The molecule has 0 bridgehead atoms. The van der Waals surface area contributed by atoms with Crippen molar-refractivity contribution in [2.24, 2.45) is 16.8 Å². The Balaban J connectivity index is 2.52. The van der Waals surface area contributed by atoms with Crippen LogP contribution in [0.25, 0.3) is 5.70 Å². The number of hydrogen-bond acceptors (Lipinski definition) is 8. The molecule has 26 heavy (non-hydrogen) atoms. The molecule has 0 fully saturated rings. The van der Waals surface area contributed by atoms with Crippen LogP contribution in [-0.2, 0) is 6.18 Å². The van der Waals surface area contributed by atoms with E-state index < -0.39 is 23.1 Å². The van der Waals surface area contributed by atoms with E-state index in [-0.39, 0.29) is 22.8 Å². The highest BCUT2D eigenvalue weighted by molar-refractivity contribution is 5.91. The van der Waals surface area contributed by atoms with Crippen molar-refractivity contribution in [2.45, 2.75) is 6.18 Å². The van der Waals surface area contributed by atoms with E-state index in [1.54, 1.807) is 0 Å². The molecule has 0 saturated carbocycles. The van der Waals surface area contributed by atoms with Crippen molar-refractivity contribution in [1.82, 2.24) is 0 Å². The number of nitrogens with two attached hydrogens (primary N) is 5. The van der Waals surface area contributed by atoms with E-state index in [1.807, 2.05) is 0 Å². The summed E-state index contributed by atoms with van der Waals surface area (Å²) in [7, 11) is 0. The molecular weight excluding hydrogens is 351 g/mol. The van der Waals surface area contributed by atoms with Crippen molar-refractivity contribution in [3.63, 3.8) is 0 Å². The van der Waals surface area contributed by atoms with Crippen LogP contribution in [0.3, 0.4) is 0 Å². The molecule has 0 aromatic heterocycles. The van der Waals surface area contributed by atoms with Crippen molar-refractivity contribution in [3.8, 4) is 0 Å². The number of nitrogens with zero attached hydrogens (tertiary/aromatic N) is 2. The summed E-state index contributed by atoms with van der Waals surface area (Å²) in [6.07, 6.45) is -3.73. The predicted molar refractivity (Wildman–Crippen MR) is 95.4 cm³/mol. The van der Waals surface area contributed by atoms with Crippen molar-refractivity contribution < 1.29 is 13.2 Å². The predicted octanol–water partition coefficient (Wildman–Crippen LogP) is 2.49. The summed E-state index contributed by atoms with van der Waals surface area (Å²) in [6, 6.07) is 6.35. The van der Waals surface area contributed by atoms with Gasteiger partial charge >= 0.3 is 6.18 Å². The summed E-state index contributed by atoms with van der Waals surface area (Å²) in [5.74, 6) is 5.74. The number of benzene rings is 2. The van der Waals surface area contributed by atoms with Gasteiger partial charge in [-0.25, -0.2) is 5.84 Å². The van der Waals surface area contributed by atoms with E-state index in [1.165, 1.54) is 24.3 Å². The van der Waals surface area contributed by atoms with E-state index >= 15 is 0 Å². The first-order valence-electron chi connectivity index (χ1n) is 7.06. The molecule has 2 aromatic carbocycles. The molecule has 138 valence electrons. The molecule has 0 aliphatic rings. The zero-order chi connectivity index (χ0) is 19.6. The number of nitroso groups, excluding NO2 is 1. The Bertz CT molecular complexity index is 863. The van der Waals surface area contributed by atoms with Crippen LogP contribution in [0.2, 0.25) is 0 Å². The van der Waals surface area contributed by atoms with E-state index in [2.05, 4.69) is 5.18 Å². The highest BCUT2D eigenvalue weighted by atomic mass is 19.4. The largest absolute Gasteiger partial charge is 0.418 e. The highest BCUT2D eigenvalue weighted by Gasteiger charge is 2.37. The van der Waals surface area contributed by atoms with Gasteiger partial charge in [0, 0.05) is 6.20 Å². The molecular formula is C15H16F3N7O. The first-order chi connectivity index (χ1) is 12.1. The van der Waals surface area contributed by atoms with Gasteiger partial charge in [-0.05, 0) is 28.9 Å². The molecule has 0 amide bonds. The highest BCUT2D eigenvalue weighted by Crippen LogP contribution is 2.44. The number of hydrogen-bond donors (Lipinski definition) is 5. The number of alkyl halides is 3. The van der Waals surface area contributed by atoms with Gasteiger partial charge in [0.25, 0.3) is 0 Å². The zero-order valence-corrected chi connectivity index (χ0v) is 13.3. The van der Waals surface area contributed by atoms with E-state index in [0.717, 1.165) is 6.20 Å². The molecule has 2 aromatic rings. The molecule has 11 heteroatoms. The Morgan fingerprint density at radius 2 is 1.65 bits per heavy atom. The van der Waals surface area contributed by atoms with E-state index in [4.69, 9.17) is 28.8 Å². The molecule has 2 rings (SSSR count). The van der Waals surface area contributed by atoms with Crippen LogP contribution in [0.1, 0.15) is 11.1 Å². The van der Waals surface area contributed by atoms with Crippen molar-refractivity contribution in [2.75, 3.05) is 22.2 Å². The molecule has 8 nitrogen and oxygen atoms in total. The number of nitrogen functional groups attached to an aromatic ring is 3. The van der Waals surface area contributed by atoms with E-state index in [0.29, 0.717) is 16.6 Å². The third-order valence-electron chi connectivity index (χ3n) is 3.56. The molecule has 10 N–H and O–H groups in total. The Hall–Kier alpha value is -3.47. The van der Waals surface area contributed by atoms with Gasteiger partial charge in [0.05, 0.1) is 34.0 Å². The Morgan fingerprint density at radius 1 is 1.08 bits per heavy atom. The number of rotatable bonds is 4. The molecule has 0 unspecified atom stereocenters. The third-order valence-corrected chi connectivity index (χ3v) is 3.56. The van der Waals surface area contributed by atoms with Gasteiger partial charge in [-0.1, -0.05) is 12.1 Å². The van der Waals surface area contributed by atoms with Crippen LogP contribution < -0.4 is 33.8 Å². The normalized spacial score (nSPS) is 12.1. The van der Waals surface area contributed by atoms with Gasteiger partial charge in [-0.15, -0.1) is 4.91 Å². The lowest BCUT2D eigenvalue weighted by Crippen LogP contribution is -2.30. The van der Waals surface area contributed by atoms with Gasteiger partial charge in [0.15, 0.2) is 0 Å². The molecule has 0 aliphatic carbocycles. The summed E-state index contributed by atoms with van der Waals surface area (Å²) in [4.78, 5) is 10.4. The van der Waals surface area contributed by atoms with Crippen LogP contribution in [-0.4, -0.2) is 0 Å². The quantitative estimate of drug-likeness (QED) is 0.240. The molecule has 0 saturated heterocycles. The van der Waals surface area contributed by atoms with Crippen molar-refractivity contribution in [3.05, 3.63) is 52.6 Å². The average Bonchev–Trinajstić information content (AvgIpc) is 2.58. The SMILES string of the molecule is N/C(=C\N(N)c1c(C(F)(F)F)cc(N)c(N)c1N)c1ccc(N=O)cc1. The van der Waals surface area contributed by atoms with Crippen molar-refractivity contribution in [1.29, 1.82) is 0 Å². The first-order valence-corrected chi connectivity index (χ1v) is 7.06. The van der Waals surface area contributed by atoms with Crippen LogP contribution in [0.4, 0.5) is 41.6 Å². The summed E-state index contributed by atoms with van der Waals surface area (Å²) in [5, 5.41) is 3.36. The summed E-state index contributed by atoms with van der Waals surface area (Å²) in [5.41, 5.74) is 20.5.